The minimum Gasteiger partial charge on any atom is -0.480 e. The molecule has 100 valence electrons. The molecule has 1 rings (SSSR count). The number of nitrogens with one attached hydrogen (secondary N) is 2. The van der Waals surface area contributed by atoms with Crippen LogP contribution in [0.1, 0.15) is 50.6 Å². The summed E-state index contributed by atoms with van der Waals surface area (Å²) in [6.45, 7) is 7.47. The molecule has 0 aliphatic rings. The fourth-order valence-electron chi connectivity index (χ4n) is 1.26. The number of rotatable bonds is 4. The summed E-state index contributed by atoms with van der Waals surface area (Å²) >= 11 is 0. The summed E-state index contributed by atoms with van der Waals surface area (Å²) in [7, 11) is 0. The van der Waals surface area contributed by atoms with Crippen LogP contribution >= 0.6 is 0 Å². The van der Waals surface area contributed by atoms with Crippen LogP contribution in [0.15, 0.2) is 0 Å². The van der Waals surface area contributed by atoms with Gasteiger partial charge in [-0.3, -0.25) is 9.89 Å². The first kappa shape index (κ1) is 14.1. The van der Waals surface area contributed by atoms with Crippen molar-refractivity contribution in [3.63, 3.8) is 0 Å². The Bertz CT molecular complexity index is 447. The van der Waals surface area contributed by atoms with Gasteiger partial charge in [0.2, 0.25) is 5.82 Å². The number of aromatic nitrogens is 3. The van der Waals surface area contributed by atoms with Crippen molar-refractivity contribution in [1.29, 1.82) is 0 Å². The fourth-order valence-corrected chi connectivity index (χ4v) is 1.26. The summed E-state index contributed by atoms with van der Waals surface area (Å²) in [5, 5.41) is 17.7. The van der Waals surface area contributed by atoms with Crippen molar-refractivity contribution in [3.05, 3.63) is 11.6 Å². The fraction of sp³-hybridized carbons (Fsp3) is 0.636. The zero-order valence-corrected chi connectivity index (χ0v) is 10.9. The van der Waals surface area contributed by atoms with Crippen LogP contribution in [0.3, 0.4) is 0 Å². The second kappa shape index (κ2) is 5.16. The lowest BCUT2D eigenvalue weighted by atomic mass is 9.96. The molecular formula is C11H18N4O3. The highest BCUT2D eigenvalue weighted by molar-refractivity contribution is 5.93. The number of H-pyrrole nitrogens is 1. The Kier molecular flexibility index (Phi) is 4.05. The van der Waals surface area contributed by atoms with E-state index >= 15 is 0 Å². The lowest BCUT2D eigenvalue weighted by Gasteiger charge is -2.13. The molecule has 0 aliphatic heterocycles. The topological polar surface area (TPSA) is 108 Å². The van der Waals surface area contributed by atoms with Crippen LogP contribution in [0.25, 0.3) is 0 Å². The van der Waals surface area contributed by atoms with Crippen molar-refractivity contribution in [2.75, 3.05) is 0 Å². The molecule has 1 unspecified atom stereocenters. The van der Waals surface area contributed by atoms with Gasteiger partial charge in [-0.25, -0.2) is 9.78 Å². The number of amides is 1. The number of carboxylic acids is 1. The van der Waals surface area contributed by atoms with E-state index in [0.29, 0.717) is 12.2 Å². The Morgan fingerprint density at radius 2 is 2.06 bits per heavy atom. The van der Waals surface area contributed by atoms with Gasteiger partial charge in [-0.15, -0.1) is 5.10 Å². The van der Waals surface area contributed by atoms with Crippen molar-refractivity contribution in [1.82, 2.24) is 20.5 Å². The molecule has 1 aromatic heterocycles. The van der Waals surface area contributed by atoms with Crippen molar-refractivity contribution in [2.24, 2.45) is 0 Å². The number of hydrogen-bond acceptors (Lipinski definition) is 4. The van der Waals surface area contributed by atoms with Gasteiger partial charge in [0.1, 0.15) is 11.9 Å². The lowest BCUT2D eigenvalue weighted by Crippen LogP contribution is -2.40. The van der Waals surface area contributed by atoms with E-state index < -0.39 is 17.9 Å². The van der Waals surface area contributed by atoms with Gasteiger partial charge < -0.3 is 10.4 Å². The number of carbonyl (C=O) groups is 2. The van der Waals surface area contributed by atoms with Gasteiger partial charge in [0.25, 0.3) is 5.91 Å². The van der Waals surface area contributed by atoms with Gasteiger partial charge in [-0.1, -0.05) is 27.7 Å². The average Bonchev–Trinajstić information content (AvgIpc) is 2.73. The largest absolute Gasteiger partial charge is 0.480 e. The van der Waals surface area contributed by atoms with E-state index in [1.54, 1.807) is 6.92 Å². The number of carbonyl (C=O) groups excluding carboxylic acids is 1. The molecule has 1 aromatic rings. The summed E-state index contributed by atoms with van der Waals surface area (Å²) in [5.74, 6) is -1.12. The summed E-state index contributed by atoms with van der Waals surface area (Å²) in [6.07, 6.45) is 0.303. The Morgan fingerprint density at radius 3 is 2.44 bits per heavy atom. The third kappa shape index (κ3) is 3.28. The van der Waals surface area contributed by atoms with Gasteiger partial charge in [-0.2, -0.15) is 0 Å². The molecule has 1 amide bonds. The molecule has 1 atom stereocenters. The Labute approximate surface area is 105 Å². The zero-order chi connectivity index (χ0) is 13.9. The Balaban J connectivity index is 2.79. The first-order valence-corrected chi connectivity index (χ1v) is 5.72. The minimum atomic E-state index is -1.07. The Morgan fingerprint density at radius 1 is 1.44 bits per heavy atom. The number of aromatic amines is 1. The summed E-state index contributed by atoms with van der Waals surface area (Å²) in [4.78, 5) is 26.6. The molecule has 18 heavy (non-hydrogen) atoms. The SMILES string of the molecule is CCC(NC(=O)c1n[nH]c(C(C)(C)C)n1)C(=O)O. The van der Waals surface area contributed by atoms with Crippen molar-refractivity contribution >= 4 is 11.9 Å². The maximum Gasteiger partial charge on any atom is 0.326 e. The van der Waals surface area contributed by atoms with E-state index in [9.17, 15) is 9.59 Å². The standard InChI is InChI=1S/C11H18N4O3/c1-5-6(9(17)18)12-8(16)7-13-10(15-14-7)11(2,3)4/h6H,5H2,1-4H3,(H,12,16)(H,17,18)(H,13,14,15). The van der Waals surface area contributed by atoms with Gasteiger partial charge in [0.05, 0.1) is 0 Å². The molecule has 0 radical (unpaired) electrons. The summed E-state index contributed by atoms with van der Waals surface area (Å²) in [6, 6.07) is -0.922. The third-order valence-electron chi connectivity index (χ3n) is 2.41. The van der Waals surface area contributed by atoms with Crippen LogP contribution in [-0.4, -0.2) is 38.2 Å². The third-order valence-corrected chi connectivity index (χ3v) is 2.41. The van der Waals surface area contributed by atoms with Gasteiger partial charge in [-0.05, 0) is 6.42 Å². The number of aliphatic carboxylic acids is 1. The van der Waals surface area contributed by atoms with Crippen LogP contribution in [-0.2, 0) is 10.2 Å². The van der Waals surface area contributed by atoms with Crippen LogP contribution in [0.4, 0.5) is 0 Å². The molecule has 0 saturated heterocycles. The predicted octanol–water partition coefficient (Wildman–Crippen LogP) is 0.695. The molecule has 0 fully saturated rings. The second-order valence-corrected chi connectivity index (χ2v) is 5.03. The highest BCUT2D eigenvalue weighted by Gasteiger charge is 2.24. The molecule has 7 heteroatoms. The first-order chi connectivity index (χ1) is 8.25. The van der Waals surface area contributed by atoms with Crippen LogP contribution in [0, 0.1) is 0 Å². The minimum absolute atomic E-state index is 0.0420. The molecule has 0 aliphatic carbocycles. The molecule has 0 spiro atoms. The van der Waals surface area contributed by atoms with Crippen LogP contribution in [0.2, 0.25) is 0 Å². The van der Waals surface area contributed by atoms with Crippen molar-refractivity contribution in [2.45, 2.75) is 45.6 Å². The highest BCUT2D eigenvalue weighted by atomic mass is 16.4. The molecule has 7 nitrogen and oxygen atoms in total. The maximum absolute atomic E-state index is 11.7. The predicted molar refractivity (Wildman–Crippen MR) is 64.3 cm³/mol. The molecule has 0 saturated carbocycles. The van der Waals surface area contributed by atoms with Gasteiger partial charge >= 0.3 is 5.97 Å². The average molecular weight is 254 g/mol. The van der Waals surface area contributed by atoms with Crippen molar-refractivity contribution < 1.29 is 14.7 Å². The van der Waals surface area contributed by atoms with Gasteiger partial charge in [0.15, 0.2) is 0 Å². The molecule has 0 aromatic carbocycles. The molecule has 0 bridgehead atoms. The molecule has 3 N–H and O–H groups in total. The molecule has 1 heterocycles. The summed E-state index contributed by atoms with van der Waals surface area (Å²) < 4.78 is 0. The normalized spacial score (nSPS) is 13.1. The zero-order valence-electron chi connectivity index (χ0n) is 10.9. The molecular weight excluding hydrogens is 236 g/mol. The quantitative estimate of drug-likeness (QED) is 0.732. The van der Waals surface area contributed by atoms with E-state index in [1.165, 1.54) is 0 Å². The number of hydrogen-bond donors (Lipinski definition) is 3. The van der Waals surface area contributed by atoms with Gasteiger partial charge in [0, 0.05) is 5.41 Å². The monoisotopic (exact) mass is 254 g/mol. The first-order valence-electron chi connectivity index (χ1n) is 5.72. The van der Waals surface area contributed by atoms with E-state index in [4.69, 9.17) is 5.11 Å². The highest BCUT2D eigenvalue weighted by Crippen LogP contribution is 2.17. The van der Waals surface area contributed by atoms with E-state index in [2.05, 4.69) is 20.5 Å². The van der Waals surface area contributed by atoms with Crippen LogP contribution < -0.4 is 5.32 Å². The van der Waals surface area contributed by atoms with E-state index in [-0.39, 0.29) is 11.2 Å². The van der Waals surface area contributed by atoms with Crippen molar-refractivity contribution in [3.8, 4) is 0 Å². The van der Waals surface area contributed by atoms with E-state index in [1.807, 2.05) is 20.8 Å². The lowest BCUT2D eigenvalue weighted by molar-refractivity contribution is -0.139. The van der Waals surface area contributed by atoms with Crippen LogP contribution in [0.5, 0.6) is 0 Å². The number of carboxylic acid groups (broad SMARTS) is 1. The maximum atomic E-state index is 11.7. The number of nitrogens with zero attached hydrogens (tertiary/aromatic N) is 2. The van der Waals surface area contributed by atoms with E-state index in [0.717, 1.165) is 0 Å². The summed E-state index contributed by atoms with van der Waals surface area (Å²) in [5.41, 5.74) is -0.248. The second-order valence-electron chi connectivity index (χ2n) is 5.03. The Hall–Kier alpha value is -1.92. The smallest absolute Gasteiger partial charge is 0.326 e.